The van der Waals surface area contributed by atoms with E-state index < -0.39 is 77.3 Å². The van der Waals surface area contributed by atoms with Crippen LogP contribution in [-0.4, -0.2) is 136 Å². The number of hydrogen-bond acceptors (Lipinski definition) is 16. The number of amides is 2. The molecule has 92 heavy (non-hydrogen) atoms. The molecule has 22 heteroatoms. The molecular formula is C70H92F2N6O12V2-2. The van der Waals surface area contributed by atoms with E-state index in [-0.39, 0.29) is 105 Å². The number of nitrogens with zero attached hydrogens (tertiary/aromatic N) is 6. The van der Waals surface area contributed by atoms with Gasteiger partial charge in [0, 0.05) is 68.0 Å². The first-order chi connectivity index (χ1) is 42.9. The van der Waals surface area contributed by atoms with Gasteiger partial charge >= 0.3 is 11.9 Å². The first-order valence-electron chi connectivity index (χ1n) is 33.0. The van der Waals surface area contributed by atoms with Crippen molar-refractivity contribution in [3.63, 3.8) is 0 Å². The minimum Gasteiger partial charge on any atom is -0.540 e. The van der Waals surface area contributed by atoms with E-state index in [0.717, 1.165) is 62.6 Å². The van der Waals surface area contributed by atoms with Gasteiger partial charge in [-0.1, -0.05) is 106 Å². The van der Waals surface area contributed by atoms with Crippen LogP contribution in [0.1, 0.15) is 182 Å². The average molecular weight is 1350 g/mol. The Bertz CT molecular complexity index is 3090. The Morgan fingerprint density at radius 2 is 0.978 bits per heavy atom. The van der Waals surface area contributed by atoms with E-state index in [0.29, 0.717) is 95.4 Å². The zero-order chi connectivity index (χ0) is 64.5. The molecule has 12 atom stereocenters. The number of alkyl halides is 2. The fourth-order valence-electron chi connectivity index (χ4n) is 15.2. The molecule has 2 saturated heterocycles. The van der Waals surface area contributed by atoms with E-state index in [1.807, 2.05) is 85.7 Å². The van der Waals surface area contributed by atoms with E-state index in [1.54, 1.807) is 25.2 Å². The van der Waals surface area contributed by atoms with Crippen molar-refractivity contribution in [1.29, 1.82) is 0 Å². The fraction of sp³-hybridized carbons (Fsp3) is 0.686. The smallest absolute Gasteiger partial charge is 0.306 e. The number of carbonyl (C=O) groups excluding carboxylic acids is 6. The Kier molecular flexibility index (Phi) is 23.7. The van der Waals surface area contributed by atoms with E-state index >= 15 is 0 Å². The number of methoxy groups -OCH3 is 2. The summed E-state index contributed by atoms with van der Waals surface area (Å²) in [7, 11) is 3.19. The van der Waals surface area contributed by atoms with Gasteiger partial charge in [0.1, 0.15) is 47.3 Å². The number of esters is 2. The average Bonchev–Trinajstić information content (AvgIpc) is 1.59. The number of ether oxygens (including phenoxy) is 6. The molecule has 4 aliphatic heterocycles. The Hall–Kier alpha value is -5.43. The Balaban J connectivity index is 0.000000232. The summed E-state index contributed by atoms with van der Waals surface area (Å²) in [5.74, 6) is -4.65. The maximum atomic E-state index is 14.5. The summed E-state index contributed by atoms with van der Waals surface area (Å²) in [5.41, 5.74) is 3.30. The molecule has 2 aromatic carbocycles. The Labute approximate surface area is 564 Å². The molecule has 11 rings (SSSR count). The Morgan fingerprint density at radius 1 is 0.554 bits per heavy atom. The van der Waals surface area contributed by atoms with E-state index in [1.165, 1.54) is 17.7 Å². The van der Waals surface area contributed by atoms with Gasteiger partial charge in [-0.3, -0.25) is 19.2 Å². The third kappa shape index (κ3) is 16.4. The molecule has 4 bridgehead atoms. The van der Waals surface area contributed by atoms with Gasteiger partial charge in [0.05, 0.1) is 74.1 Å². The normalized spacial score (nSPS) is 29.4. The first kappa shape index (κ1) is 72.4. The first-order valence-corrected chi connectivity index (χ1v) is 33.0. The predicted octanol–water partition coefficient (Wildman–Crippen LogP) is 11.9. The van der Waals surface area contributed by atoms with Crippen LogP contribution in [0.15, 0.2) is 36.4 Å². The zero-order valence-electron chi connectivity index (χ0n) is 55.2. The van der Waals surface area contributed by atoms with Crippen LogP contribution in [0, 0.1) is 51.8 Å². The van der Waals surface area contributed by atoms with Crippen molar-refractivity contribution in [2.45, 2.75) is 226 Å². The molecule has 7 aliphatic rings. The minimum absolute atomic E-state index is 0. The predicted molar refractivity (Wildman–Crippen MR) is 332 cm³/mol. The second-order valence-corrected chi connectivity index (χ2v) is 28.9. The number of hydrogen-bond donors (Lipinski definition) is 0. The second-order valence-electron chi connectivity index (χ2n) is 28.9. The van der Waals surface area contributed by atoms with Crippen molar-refractivity contribution in [1.82, 2.24) is 29.7 Å². The maximum Gasteiger partial charge on any atom is 0.306 e. The molecule has 2 amide bonds. The number of aryl methyl sites for hydroxylation is 2. The monoisotopic (exact) mass is 1350 g/mol. The summed E-state index contributed by atoms with van der Waals surface area (Å²) in [5, 5.41) is 0. The van der Waals surface area contributed by atoms with Gasteiger partial charge in [0.2, 0.25) is 23.6 Å². The molecule has 18 nitrogen and oxygen atoms in total. The third-order valence-electron chi connectivity index (χ3n) is 20.7. The van der Waals surface area contributed by atoms with Gasteiger partial charge in [-0.25, -0.2) is 41.3 Å². The van der Waals surface area contributed by atoms with Crippen LogP contribution < -0.4 is 18.9 Å². The molecule has 1 spiro atoms. The van der Waals surface area contributed by atoms with Crippen LogP contribution in [0.25, 0.3) is 22.1 Å². The van der Waals surface area contributed by atoms with Crippen molar-refractivity contribution in [3.8, 4) is 23.3 Å². The van der Waals surface area contributed by atoms with Gasteiger partial charge in [0.25, 0.3) is 5.92 Å². The maximum absolute atomic E-state index is 14.5. The van der Waals surface area contributed by atoms with E-state index in [9.17, 15) is 37.5 Å². The van der Waals surface area contributed by atoms with Crippen molar-refractivity contribution in [2.24, 2.45) is 51.8 Å². The van der Waals surface area contributed by atoms with E-state index in [4.69, 9.17) is 48.4 Å². The molecule has 3 saturated carbocycles. The number of rotatable bonds is 6. The second kappa shape index (κ2) is 30.1. The number of fused-ring (bicyclic) bond motifs is 10. The van der Waals surface area contributed by atoms with Crippen LogP contribution in [0.3, 0.4) is 0 Å². The number of benzene rings is 2. The minimum atomic E-state index is -2.91. The summed E-state index contributed by atoms with van der Waals surface area (Å²) < 4.78 is 65.0. The summed E-state index contributed by atoms with van der Waals surface area (Å²) in [6.45, 7) is 15.7. The molecule has 0 unspecified atom stereocenters. The fourth-order valence-corrected chi connectivity index (χ4v) is 15.2. The Morgan fingerprint density at radius 3 is 1.37 bits per heavy atom. The number of halogens is 2. The van der Waals surface area contributed by atoms with Gasteiger partial charge in [0.15, 0.2) is 0 Å². The standard InChI is InChI=1S/C36H48N3O6.C34H44F2N3O6.2V/c1-6-24-29(21-40)39-20-31(24)45-33-27(37-26-13-12-23(43-5)16-28(26)38-33)11-9-7-8-10-22-18-36(14-15-36)19-30(22)44-32(41)17-25(34(39)42)35(2,3)4;1-6-22-27(19-40)39-18-29(22)45-31-25(37-24-13-12-21(43-5)14-26(24)38-31)11-9-7-8-10-20-16-34(35,36)17-28(20)44-30(41)15-23(32(39)42)33(2,3)4;;/h12-13,16,22,24-25,29-31H,6-11,14-15,17-20H2,1-5H3;12-14,20,22-23,27-29H,6-11,15-18H2,1-5H3;;/q2*-1;;/t22-,24+,25-,29-,30-,31+;20-,22+,23-,27-,28-,29+;;/m11../s1. The molecule has 2 radical (unpaired) electrons. The summed E-state index contributed by atoms with van der Waals surface area (Å²) >= 11 is 0. The number of carbonyl (C=O) groups is 4. The van der Waals surface area contributed by atoms with Gasteiger partial charge in [-0.2, -0.15) is 0 Å². The quantitative estimate of drug-likeness (QED) is 0.130. The SMILES string of the molecule is CC[C@@H]1[C@@H]2CN(C(=O)[C@H](C(C)(C)C)CC(=O)O[C@@H]3CC(F)(F)C[C@H]3CCCCCc3nc4ccc(OC)cc4nc3O2)[C@@H]1[C-]=O.CC[C@@H]1[C@@H]2CN(C(=O)[C@H](C(C)(C)C)CC(=O)O[C@@H]3CC4(CC4)C[C@H]3CCCCCc3nc4ccc(OC)cc4nc3O2)[C@@H]1[C-]=O.[V].[V]. The third-order valence-corrected chi connectivity index (χ3v) is 20.7. The summed E-state index contributed by atoms with van der Waals surface area (Å²) in [6.07, 6.45) is 14.7. The molecule has 0 N–H and O–H groups in total. The molecule has 6 heterocycles. The van der Waals surface area contributed by atoms with Crippen molar-refractivity contribution < 1.29 is 103 Å². The van der Waals surface area contributed by atoms with E-state index in [2.05, 4.69) is 12.6 Å². The largest absolute Gasteiger partial charge is 0.540 e. The van der Waals surface area contributed by atoms with Crippen molar-refractivity contribution >= 4 is 58.4 Å². The summed E-state index contributed by atoms with van der Waals surface area (Å²) in [4.78, 5) is 103. The van der Waals surface area contributed by atoms with Crippen molar-refractivity contribution in [3.05, 3.63) is 47.8 Å². The van der Waals surface area contributed by atoms with Crippen LogP contribution in [0.4, 0.5) is 8.78 Å². The molecule has 500 valence electrons. The van der Waals surface area contributed by atoms with Gasteiger partial charge < -0.3 is 47.8 Å². The molecular weight excluding hydrogens is 1260 g/mol. The molecule has 3 aliphatic carbocycles. The van der Waals surface area contributed by atoms with Crippen LogP contribution in [-0.2, 0) is 88.2 Å². The van der Waals surface area contributed by atoms with Crippen LogP contribution >= 0.6 is 0 Å². The topological polar surface area (TPSA) is 216 Å². The van der Waals surface area contributed by atoms with Crippen LogP contribution in [0.5, 0.6) is 23.3 Å². The summed E-state index contributed by atoms with van der Waals surface area (Å²) in [6, 6.07) is 9.41. The van der Waals surface area contributed by atoms with Crippen LogP contribution in [0.2, 0.25) is 0 Å². The van der Waals surface area contributed by atoms with Gasteiger partial charge in [-0.15, -0.1) is 0 Å². The zero-order valence-corrected chi connectivity index (χ0v) is 58.0. The van der Waals surface area contributed by atoms with Crippen molar-refractivity contribution in [2.75, 3.05) is 27.3 Å². The molecule has 2 aromatic heterocycles. The molecule has 5 fully saturated rings. The number of aromatic nitrogens is 4. The van der Waals surface area contributed by atoms with Gasteiger partial charge in [-0.05, 0) is 122 Å². The molecule has 4 aromatic rings.